The number of nitrogens with zero attached hydrogens (tertiary/aromatic N) is 2. The quantitative estimate of drug-likeness (QED) is 0.379. The molecule has 144 valence electrons. The summed E-state index contributed by atoms with van der Waals surface area (Å²) in [5, 5.41) is 12.8. The molecule has 0 saturated heterocycles. The minimum Gasteiger partial charge on any atom is -0.618 e. The third-order valence-corrected chi connectivity index (χ3v) is 4.11. The molecule has 0 amide bonds. The summed E-state index contributed by atoms with van der Waals surface area (Å²) in [6, 6.07) is 11.6. The SMILES string of the molecule is COC(=O)c1c(COC(=O)c2cccc(C)c2)nc2ccc(OC)cc2[n+]1[O-]. The van der Waals surface area contributed by atoms with Crippen LogP contribution in [0.1, 0.15) is 32.1 Å². The zero-order valence-corrected chi connectivity index (χ0v) is 15.6. The van der Waals surface area contributed by atoms with Crippen molar-refractivity contribution in [1.82, 2.24) is 4.98 Å². The van der Waals surface area contributed by atoms with Crippen molar-refractivity contribution in [2.45, 2.75) is 13.5 Å². The molecule has 0 bridgehead atoms. The van der Waals surface area contributed by atoms with Crippen molar-refractivity contribution in [3.05, 3.63) is 70.2 Å². The second-order valence-corrected chi connectivity index (χ2v) is 5.99. The number of aryl methyl sites for hydroxylation is 1. The van der Waals surface area contributed by atoms with E-state index in [9.17, 15) is 14.8 Å². The fourth-order valence-corrected chi connectivity index (χ4v) is 2.71. The number of carbonyl (C=O) groups excluding carboxylic acids is 2. The smallest absolute Gasteiger partial charge is 0.406 e. The normalized spacial score (nSPS) is 10.5. The molecule has 3 aromatic rings. The Kier molecular flexibility index (Phi) is 5.39. The lowest BCUT2D eigenvalue weighted by Gasteiger charge is -2.11. The first-order valence-corrected chi connectivity index (χ1v) is 8.37. The van der Waals surface area contributed by atoms with Gasteiger partial charge in [-0.15, -0.1) is 0 Å². The van der Waals surface area contributed by atoms with Gasteiger partial charge in [-0.25, -0.2) is 14.6 Å². The lowest BCUT2D eigenvalue weighted by Crippen LogP contribution is -2.38. The molecule has 0 aliphatic heterocycles. The molecule has 28 heavy (non-hydrogen) atoms. The highest BCUT2D eigenvalue weighted by Gasteiger charge is 2.28. The Balaban J connectivity index is 1.99. The Morgan fingerprint density at radius 3 is 2.57 bits per heavy atom. The average Bonchev–Trinajstić information content (AvgIpc) is 2.71. The average molecular weight is 382 g/mol. The molecule has 1 aromatic heterocycles. The van der Waals surface area contributed by atoms with Crippen molar-refractivity contribution in [3.8, 4) is 5.75 Å². The molecule has 0 aliphatic carbocycles. The van der Waals surface area contributed by atoms with E-state index in [1.54, 1.807) is 30.3 Å². The number of ether oxygens (including phenoxy) is 3. The Labute approximate surface area is 160 Å². The number of benzene rings is 2. The van der Waals surface area contributed by atoms with Crippen molar-refractivity contribution < 1.29 is 28.5 Å². The molecule has 0 spiro atoms. The summed E-state index contributed by atoms with van der Waals surface area (Å²) in [4.78, 5) is 28.8. The van der Waals surface area contributed by atoms with Gasteiger partial charge in [0.05, 0.1) is 25.8 Å². The van der Waals surface area contributed by atoms with Gasteiger partial charge in [-0.2, -0.15) is 4.73 Å². The van der Waals surface area contributed by atoms with Crippen LogP contribution in [0, 0.1) is 12.1 Å². The van der Waals surface area contributed by atoms with E-state index in [4.69, 9.17) is 14.2 Å². The second-order valence-electron chi connectivity index (χ2n) is 5.99. The number of esters is 2. The molecular weight excluding hydrogens is 364 g/mol. The van der Waals surface area contributed by atoms with E-state index in [-0.39, 0.29) is 23.5 Å². The van der Waals surface area contributed by atoms with Gasteiger partial charge in [-0.3, -0.25) is 0 Å². The van der Waals surface area contributed by atoms with E-state index in [0.717, 1.165) is 12.7 Å². The molecule has 3 rings (SSSR count). The van der Waals surface area contributed by atoms with E-state index in [1.165, 1.54) is 13.2 Å². The van der Waals surface area contributed by atoms with Crippen molar-refractivity contribution in [2.24, 2.45) is 0 Å². The number of rotatable bonds is 5. The molecule has 0 fully saturated rings. The maximum Gasteiger partial charge on any atom is 0.406 e. The van der Waals surface area contributed by atoms with Gasteiger partial charge in [-0.1, -0.05) is 17.7 Å². The predicted octanol–water partition coefficient (Wildman–Crippen LogP) is 2.33. The third-order valence-electron chi connectivity index (χ3n) is 4.11. The Hall–Kier alpha value is -3.68. The van der Waals surface area contributed by atoms with Crippen molar-refractivity contribution >= 4 is 23.0 Å². The fraction of sp³-hybridized carbons (Fsp3) is 0.200. The molecular formula is C20H18N2O6. The molecule has 1 heterocycles. The number of carbonyl (C=O) groups is 2. The van der Waals surface area contributed by atoms with Crippen LogP contribution in [0.25, 0.3) is 11.0 Å². The summed E-state index contributed by atoms with van der Waals surface area (Å²) >= 11 is 0. The molecule has 0 atom stereocenters. The zero-order valence-electron chi connectivity index (χ0n) is 15.6. The van der Waals surface area contributed by atoms with Crippen LogP contribution in [0.3, 0.4) is 0 Å². The number of hydrogen-bond donors (Lipinski definition) is 0. The molecule has 0 saturated carbocycles. The highest BCUT2D eigenvalue weighted by Crippen LogP contribution is 2.19. The van der Waals surface area contributed by atoms with Gasteiger partial charge >= 0.3 is 17.6 Å². The van der Waals surface area contributed by atoms with E-state index in [0.29, 0.717) is 21.6 Å². The minimum absolute atomic E-state index is 0.000481. The summed E-state index contributed by atoms with van der Waals surface area (Å²) in [6.45, 7) is 1.49. The van der Waals surface area contributed by atoms with Crippen LogP contribution in [0.5, 0.6) is 5.75 Å². The van der Waals surface area contributed by atoms with Crippen molar-refractivity contribution in [3.63, 3.8) is 0 Å². The molecule has 0 unspecified atom stereocenters. The van der Waals surface area contributed by atoms with Crippen molar-refractivity contribution in [1.29, 1.82) is 0 Å². The summed E-state index contributed by atoms with van der Waals surface area (Å²) in [5.41, 5.74) is 1.37. The zero-order chi connectivity index (χ0) is 20.3. The van der Waals surface area contributed by atoms with Crippen LogP contribution in [-0.4, -0.2) is 31.1 Å². The monoisotopic (exact) mass is 382 g/mol. The molecule has 0 radical (unpaired) electrons. The standard InChI is InChI=1S/C20H18N2O6/c1-12-5-4-6-13(9-12)19(23)28-11-16-18(20(24)27-3)22(25)17-10-14(26-2)7-8-15(17)21-16/h4-10H,11H2,1-3H3. The van der Waals surface area contributed by atoms with E-state index in [2.05, 4.69) is 4.98 Å². The third kappa shape index (κ3) is 3.71. The highest BCUT2D eigenvalue weighted by atomic mass is 16.5. The van der Waals surface area contributed by atoms with Crippen LogP contribution in [0.2, 0.25) is 0 Å². The van der Waals surface area contributed by atoms with E-state index < -0.39 is 11.9 Å². The first kappa shape index (κ1) is 19.1. The molecule has 8 heteroatoms. The van der Waals surface area contributed by atoms with Gasteiger partial charge in [0.25, 0.3) is 0 Å². The van der Waals surface area contributed by atoms with Gasteiger partial charge < -0.3 is 19.4 Å². The number of methoxy groups -OCH3 is 2. The molecule has 0 N–H and O–H groups in total. The van der Waals surface area contributed by atoms with Gasteiger partial charge in [0, 0.05) is 0 Å². The van der Waals surface area contributed by atoms with Crippen LogP contribution in [0.15, 0.2) is 42.5 Å². The van der Waals surface area contributed by atoms with E-state index in [1.807, 2.05) is 13.0 Å². The minimum atomic E-state index is -0.881. The van der Waals surface area contributed by atoms with Gasteiger partial charge in [-0.05, 0) is 31.2 Å². The van der Waals surface area contributed by atoms with Gasteiger partial charge in [0.1, 0.15) is 17.9 Å². The first-order valence-electron chi connectivity index (χ1n) is 8.37. The largest absolute Gasteiger partial charge is 0.618 e. The number of aromatic nitrogens is 2. The van der Waals surface area contributed by atoms with Crippen LogP contribution >= 0.6 is 0 Å². The topological polar surface area (TPSA) is 102 Å². The van der Waals surface area contributed by atoms with E-state index >= 15 is 0 Å². The Bertz CT molecular complexity index is 1060. The van der Waals surface area contributed by atoms with Gasteiger partial charge in [0.15, 0.2) is 5.69 Å². The van der Waals surface area contributed by atoms with Crippen molar-refractivity contribution in [2.75, 3.05) is 14.2 Å². The lowest BCUT2D eigenvalue weighted by atomic mass is 10.1. The fourth-order valence-electron chi connectivity index (χ4n) is 2.71. The lowest BCUT2D eigenvalue weighted by molar-refractivity contribution is -0.581. The Morgan fingerprint density at radius 1 is 1.11 bits per heavy atom. The first-order chi connectivity index (χ1) is 13.4. The van der Waals surface area contributed by atoms with Crippen LogP contribution in [-0.2, 0) is 16.1 Å². The number of hydrogen-bond acceptors (Lipinski definition) is 7. The Morgan fingerprint density at radius 2 is 1.89 bits per heavy atom. The molecule has 2 aromatic carbocycles. The predicted molar refractivity (Wildman–Crippen MR) is 98.9 cm³/mol. The summed E-state index contributed by atoms with van der Waals surface area (Å²) < 4.78 is 15.5. The highest BCUT2D eigenvalue weighted by molar-refractivity contribution is 5.90. The summed E-state index contributed by atoms with van der Waals surface area (Å²) in [7, 11) is 2.62. The summed E-state index contributed by atoms with van der Waals surface area (Å²) in [6.07, 6.45) is 0. The molecule has 0 aliphatic rings. The number of fused-ring (bicyclic) bond motifs is 1. The maximum atomic E-state index is 12.8. The van der Waals surface area contributed by atoms with Crippen LogP contribution in [0.4, 0.5) is 0 Å². The van der Waals surface area contributed by atoms with Crippen LogP contribution < -0.4 is 9.47 Å². The molecule has 8 nitrogen and oxygen atoms in total. The maximum absolute atomic E-state index is 12.8. The second kappa shape index (κ2) is 7.91. The van der Waals surface area contributed by atoms with Gasteiger partial charge in [0.2, 0.25) is 5.52 Å². The summed E-state index contributed by atoms with van der Waals surface area (Å²) in [5.74, 6) is -1.03.